The first-order valence-electron chi connectivity index (χ1n) is 5.32. The molecule has 0 aliphatic carbocycles. The van der Waals surface area contributed by atoms with Gasteiger partial charge in [0, 0.05) is 18.8 Å². The van der Waals surface area contributed by atoms with Crippen LogP contribution >= 0.6 is 0 Å². The van der Waals surface area contributed by atoms with E-state index in [-0.39, 0.29) is 6.54 Å². The zero-order valence-corrected chi connectivity index (χ0v) is 9.69. The largest absolute Gasteiger partial charge is 0.393 e. The van der Waals surface area contributed by atoms with Gasteiger partial charge < -0.3 is 4.90 Å². The molecule has 0 radical (unpaired) electrons. The Kier molecular flexibility index (Phi) is 5.76. The highest BCUT2D eigenvalue weighted by Crippen LogP contribution is 2.27. The van der Waals surface area contributed by atoms with Gasteiger partial charge in [0.2, 0.25) is 0 Å². The summed E-state index contributed by atoms with van der Waals surface area (Å²) < 4.78 is 37.1. The summed E-state index contributed by atoms with van der Waals surface area (Å²) in [5, 5.41) is 0. The predicted molar refractivity (Wildman–Crippen MR) is 56.5 cm³/mol. The molecule has 0 amide bonds. The smallest absolute Gasteiger partial charge is 0.375 e. The van der Waals surface area contributed by atoms with Crippen LogP contribution in [0.15, 0.2) is 12.3 Å². The lowest BCUT2D eigenvalue weighted by molar-refractivity contribution is -0.172. The molecule has 0 saturated carbocycles. The van der Waals surface area contributed by atoms with Gasteiger partial charge in [-0.15, -0.1) is 0 Å². The molecule has 0 aromatic carbocycles. The van der Waals surface area contributed by atoms with E-state index in [1.165, 1.54) is 6.92 Å². The molecular formula is C11H20F3N. The van der Waals surface area contributed by atoms with Crippen LogP contribution in [0.5, 0.6) is 0 Å². The van der Waals surface area contributed by atoms with E-state index in [0.29, 0.717) is 13.0 Å². The summed E-state index contributed by atoms with van der Waals surface area (Å²) in [6.07, 6.45) is -2.58. The molecule has 0 heterocycles. The van der Waals surface area contributed by atoms with Gasteiger partial charge in [-0.25, -0.2) is 0 Å². The third-order valence-electron chi connectivity index (χ3n) is 2.40. The third kappa shape index (κ3) is 5.09. The first-order valence-corrected chi connectivity index (χ1v) is 5.32. The van der Waals surface area contributed by atoms with Gasteiger partial charge in [0.1, 0.15) is 0 Å². The lowest BCUT2D eigenvalue weighted by atomic mass is 10.1. The molecular weight excluding hydrogens is 203 g/mol. The molecule has 0 aliphatic heterocycles. The molecule has 0 N–H and O–H groups in total. The molecule has 0 rings (SSSR count). The number of rotatable bonds is 6. The zero-order chi connectivity index (χ0) is 12.1. The summed E-state index contributed by atoms with van der Waals surface area (Å²) >= 11 is 0. The fraction of sp³-hybridized carbons (Fsp3) is 0.818. The Labute approximate surface area is 90.0 Å². The van der Waals surface area contributed by atoms with Crippen molar-refractivity contribution in [3.8, 4) is 0 Å². The normalized spacial score (nSPS) is 13.7. The highest BCUT2D eigenvalue weighted by molar-refractivity contribution is 4.93. The molecule has 0 bridgehead atoms. The number of hydrogen-bond donors (Lipinski definition) is 0. The van der Waals surface area contributed by atoms with Gasteiger partial charge in [-0.05, 0) is 12.8 Å². The topological polar surface area (TPSA) is 3.24 Å². The Hall–Kier alpha value is -0.670. The maximum Gasteiger partial charge on any atom is 0.393 e. The summed E-state index contributed by atoms with van der Waals surface area (Å²) in [5.41, 5.74) is 0.785. The summed E-state index contributed by atoms with van der Waals surface area (Å²) in [7, 11) is 0. The average molecular weight is 223 g/mol. The standard InChI is InChI=1S/C11H20F3N/c1-5-7-15(10(4)6-2)8-9(3)11(12,13)14/h9H,4-8H2,1-3H3. The third-order valence-corrected chi connectivity index (χ3v) is 2.40. The van der Waals surface area contributed by atoms with E-state index in [2.05, 4.69) is 6.58 Å². The second-order valence-corrected chi connectivity index (χ2v) is 3.81. The second kappa shape index (κ2) is 6.03. The Morgan fingerprint density at radius 2 is 1.87 bits per heavy atom. The minimum Gasteiger partial charge on any atom is -0.375 e. The summed E-state index contributed by atoms with van der Waals surface area (Å²) in [6, 6.07) is 0. The lowest BCUT2D eigenvalue weighted by Crippen LogP contribution is -2.34. The van der Waals surface area contributed by atoms with Gasteiger partial charge in [0.25, 0.3) is 0 Å². The van der Waals surface area contributed by atoms with Crippen molar-refractivity contribution in [1.82, 2.24) is 4.90 Å². The molecule has 0 aliphatic rings. The maximum absolute atomic E-state index is 12.4. The van der Waals surface area contributed by atoms with Crippen molar-refractivity contribution in [1.29, 1.82) is 0 Å². The summed E-state index contributed by atoms with van der Waals surface area (Å²) in [6.45, 7) is 9.52. The molecule has 0 aromatic rings. The highest BCUT2D eigenvalue weighted by atomic mass is 19.4. The van der Waals surface area contributed by atoms with Crippen LogP contribution in [0.25, 0.3) is 0 Å². The molecule has 0 fully saturated rings. The monoisotopic (exact) mass is 223 g/mol. The van der Waals surface area contributed by atoms with Gasteiger partial charge in [-0.1, -0.05) is 27.4 Å². The van der Waals surface area contributed by atoms with Crippen molar-refractivity contribution in [2.75, 3.05) is 13.1 Å². The van der Waals surface area contributed by atoms with Crippen molar-refractivity contribution in [2.45, 2.75) is 39.8 Å². The molecule has 90 valence electrons. The molecule has 15 heavy (non-hydrogen) atoms. The average Bonchev–Trinajstić information content (AvgIpc) is 2.14. The first kappa shape index (κ1) is 14.3. The maximum atomic E-state index is 12.4. The molecule has 0 spiro atoms. The Morgan fingerprint density at radius 1 is 1.33 bits per heavy atom. The van der Waals surface area contributed by atoms with Crippen LogP contribution in [0.1, 0.15) is 33.6 Å². The second-order valence-electron chi connectivity index (χ2n) is 3.81. The van der Waals surface area contributed by atoms with E-state index in [1.54, 1.807) is 4.90 Å². The van der Waals surface area contributed by atoms with Gasteiger partial charge >= 0.3 is 6.18 Å². The van der Waals surface area contributed by atoms with Crippen LogP contribution in [-0.2, 0) is 0 Å². The number of halogens is 3. The fourth-order valence-corrected chi connectivity index (χ4v) is 1.31. The summed E-state index contributed by atoms with van der Waals surface area (Å²) in [5.74, 6) is -1.30. The van der Waals surface area contributed by atoms with E-state index in [4.69, 9.17) is 0 Å². The number of nitrogens with zero attached hydrogens (tertiary/aromatic N) is 1. The van der Waals surface area contributed by atoms with E-state index in [9.17, 15) is 13.2 Å². The van der Waals surface area contributed by atoms with Gasteiger partial charge in [-0.2, -0.15) is 13.2 Å². The van der Waals surface area contributed by atoms with Crippen LogP contribution in [-0.4, -0.2) is 24.2 Å². The molecule has 0 aromatic heterocycles. The van der Waals surface area contributed by atoms with E-state index in [1.807, 2.05) is 13.8 Å². The van der Waals surface area contributed by atoms with Gasteiger partial charge in [-0.3, -0.25) is 0 Å². The first-order chi connectivity index (χ1) is 6.82. The number of allylic oxidation sites excluding steroid dienone is 1. The van der Waals surface area contributed by atoms with Crippen LogP contribution in [0.3, 0.4) is 0 Å². The fourth-order valence-electron chi connectivity index (χ4n) is 1.31. The molecule has 1 atom stereocenters. The van der Waals surface area contributed by atoms with Gasteiger partial charge in [0.15, 0.2) is 0 Å². The quantitative estimate of drug-likeness (QED) is 0.661. The van der Waals surface area contributed by atoms with E-state index < -0.39 is 12.1 Å². The molecule has 4 heteroatoms. The predicted octanol–water partition coefficient (Wildman–Crippen LogP) is 3.82. The zero-order valence-electron chi connectivity index (χ0n) is 9.69. The van der Waals surface area contributed by atoms with Crippen LogP contribution < -0.4 is 0 Å². The highest BCUT2D eigenvalue weighted by Gasteiger charge is 2.36. The molecule has 1 unspecified atom stereocenters. The minimum absolute atomic E-state index is 0.0179. The van der Waals surface area contributed by atoms with Crippen molar-refractivity contribution >= 4 is 0 Å². The van der Waals surface area contributed by atoms with Crippen LogP contribution in [0, 0.1) is 5.92 Å². The van der Waals surface area contributed by atoms with Gasteiger partial charge in [0.05, 0.1) is 5.92 Å². The summed E-state index contributed by atoms with van der Waals surface area (Å²) in [4.78, 5) is 1.73. The Morgan fingerprint density at radius 3 is 2.20 bits per heavy atom. The van der Waals surface area contributed by atoms with Crippen LogP contribution in [0.2, 0.25) is 0 Å². The van der Waals surface area contributed by atoms with E-state index >= 15 is 0 Å². The SMILES string of the molecule is C=C(CC)N(CCC)CC(C)C(F)(F)F. The Bertz CT molecular complexity index is 198. The minimum atomic E-state index is -4.11. The Balaban J connectivity index is 4.34. The van der Waals surface area contributed by atoms with E-state index in [0.717, 1.165) is 12.1 Å². The van der Waals surface area contributed by atoms with Crippen molar-refractivity contribution in [3.63, 3.8) is 0 Å². The lowest BCUT2D eigenvalue weighted by Gasteiger charge is -2.29. The van der Waals surface area contributed by atoms with Crippen molar-refractivity contribution in [2.24, 2.45) is 5.92 Å². The van der Waals surface area contributed by atoms with Crippen molar-refractivity contribution in [3.05, 3.63) is 12.3 Å². The van der Waals surface area contributed by atoms with Crippen molar-refractivity contribution < 1.29 is 13.2 Å². The number of alkyl halides is 3. The van der Waals surface area contributed by atoms with Crippen LogP contribution in [0.4, 0.5) is 13.2 Å². The number of hydrogen-bond acceptors (Lipinski definition) is 1. The molecule has 1 nitrogen and oxygen atoms in total. The molecule has 0 saturated heterocycles.